The number of para-hydroxylation sites is 1. The van der Waals surface area contributed by atoms with E-state index in [2.05, 4.69) is 17.2 Å². The summed E-state index contributed by atoms with van der Waals surface area (Å²) in [6.07, 6.45) is 4.41. The largest absolute Gasteiger partial charge is 0.405 e. The molecule has 1 atom stereocenters. The second kappa shape index (κ2) is 7.53. The number of benzene rings is 1. The second-order valence-electron chi connectivity index (χ2n) is 6.34. The zero-order chi connectivity index (χ0) is 17.7. The Morgan fingerprint density at radius 1 is 1.32 bits per heavy atom. The van der Waals surface area contributed by atoms with E-state index in [0.29, 0.717) is 17.9 Å². The van der Waals surface area contributed by atoms with Crippen LogP contribution in [0.15, 0.2) is 48.7 Å². The lowest BCUT2D eigenvalue weighted by atomic mass is 9.94. The first-order valence-electron chi connectivity index (χ1n) is 8.63. The van der Waals surface area contributed by atoms with Crippen LogP contribution in [0.25, 0.3) is 0 Å². The number of nitrogens with zero attached hydrogens (tertiary/aromatic N) is 2. The molecule has 0 saturated carbocycles. The molecule has 1 saturated heterocycles. The monoisotopic (exact) mass is 340 g/mol. The Morgan fingerprint density at radius 3 is 2.80 bits per heavy atom. The molecule has 1 aliphatic rings. The molecule has 25 heavy (non-hydrogen) atoms. The molecule has 3 N–H and O–H groups in total. The minimum absolute atomic E-state index is 0.146. The highest BCUT2D eigenvalue weighted by molar-refractivity contribution is 5.94. The van der Waals surface area contributed by atoms with Crippen LogP contribution in [-0.2, 0) is 0 Å². The highest BCUT2D eigenvalue weighted by Crippen LogP contribution is 2.33. The summed E-state index contributed by atoms with van der Waals surface area (Å²) >= 11 is 0. The standard InChI is InChI=1S/C19H24N4O2/c1-2-19(14-22-18(24)15-9-10-17(20)21-13-15)11-6-12-23(19)25-16-7-4-3-5-8-16/h3-5,7-10,13H,2,6,11-12,14H2,1H3,(H2,20,21)(H,22,24). The van der Waals surface area contributed by atoms with Gasteiger partial charge in [0.1, 0.15) is 11.6 Å². The van der Waals surface area contributed by atoms with Crippen molar-refractivity contribution in [3.8, 4) is 5.75 Å². The zero-order valence-corrected chi connectivity index (χ0v) is 14.4. The van der Waals surface area contributed by atoms with Gasteiger partial charge < -0.3 is 15.9 Å². The van der Waals surface area contributed by atoms with Gasteiger partial charge in [0.2, 0.25) is 0 Å². The van der Waals surface area contributed by atoms with Crippen molar-refractivity contribution in [2.75, 3.05) is 18.8 Å². The molecule has 3 rings (SSSR count). The lowest BCUT2D eigenvalue weighted by Crippen LogP contribution is -2.53. The number of nitrogens with one attached hydrogen (secondary N) is 1. The molecule has 1 unspecified atom stereocenters. The molecule has 2 aromatic rings. The van der Waals surface area contributed by atoms with E-state index in [1.54, 1.807) is 12.1 Å². The summed E-state index contributed by atoms with van der Waals surface area (Å²) in [6.45, 7) is 3.51. The summed E-state index contributed by atoms with van der Waals surface area (Å²) in [7, 11) is 0. The molecular weight excluding hydrogens is 316 g/mol. The summed E-state index contributed by atoms with van der Waals surface area (Å²) in [5.74, 6) is 1.07. The SMILES string of the molecule is CCC1(CNC(=O)c2ccc(N)nc2)CCCN1Oc1ccccc1. The molecule has 1 aromatic carbocycles. The van der Waals surface area contributed by atoms with Crippen LogP contribution in [0.4, 0.5) is 5.82 Å². The first-order chi connectivity index (χ1) is 12.1. The molecule has 0 bridgehead atoms. The summed E-state index contributed by atoms with van der Waals surface area (Å²) in [5.41, 5.74) is 5.88. The molecule has 0 radical (unpaired) electrons. The Balaban J connectivity index is 1.67. The molecule has 6 heteroatoms. The van der Waals surface area contributed by atoms with Gasteiger partial charge in [-0.1, -0.05) is 25.1 Å². The Kier molecular flexibility index (Phi) is 5.19. The number of hydrogen-bond acceptors (Lipinski definition) is 5. The zero-order valence-electron chi connectivity index (χ0n) is 14.4. The number of amides is 1. The van der Waals surface area contributed by atoms with E-state index in [1.807, 2.05) is 35.4 Å². The number of nitrogens with two attached hydrogens (primary N) is 1. The molecule has 1 aromatic heterocycles. The molecule has 6 nitrogen and oxygen atoms in total. The molecule has 1 amide bonds. The number of pyridine rings is 1. The highest BCUT2D eigenvalue weighted by Gasteiger charge is 2.41. The van der Waals surface area contributed by atoms with Crippen LogP contribution in [0.5, 0.6) is 5.75 Å². The van der Waals surface area contributed by atoms with Crippen molar-refractivity contribution < 1.29 is 9.63 Å². The fourth-order valence-corrected chi connectivity index (χ4v) is 3.21. The predicted octanol–water partition coefficient (Wildman–Crippen LogP) is 2.63. The number of nitrogen functional groups attached to an aromatic ring is 1. The molecule has 0 aliphatic carbocycles. The Hall–Kier alpha value is -2.60. The van der Waals surface area contributed by atoms with Crippen LogP contribution >= 0.6 is 0 Å². The van der Waals surface area contributed by atoms with Crippen molar-refractivity contribution in [3.05, 3.63) is 54.2 Å². The summed E-state index contributed by atoms with van der Waals surface area (Å²) in [6, 6.07) is 13.1. The average molecular weight is 340 g/mol. The summed E-state index contributed by atoms with van der Waals surface area (Å²) in [4.78, 5) is 22.4. The van der Waals surface area contributed by atoms with Gasteiger partial charge in [0.15, 0.2) is 0 Å². The molecule has 1 aliphatic heterocycles. The van der Waals surface area contributed by atoms with Gasteiger partial charge in [0.25, 0.3) is 5.91 Å². The van der Waals surface area contributed by atoms with Crippen LogP contribution in [0.2, 0.25) is 0 Å². The van der Waals surface area contributed by atoms with Gasteiger partial charge in [-0.05, 0) is 43.5 Å². The molecule has 0 spiro atoms. The molecule has 2 heterocycles. The van der Waals surface area contributed by atoms with E-state index in [9.17, 15) is 4.79 Å². The average Bonchev–Trinajstić information content (AvgIpc) is 3.04. The number of carbonyl (C=O) groups excluding carboxylic acids is 1. The smallest absolute Gasteiger partial charge is 0.252 e. The van der Waals surface area contributed by atoms with Gasteiger partial charge in [0, 0.05) is 19.3 Å². The van der Waals surface area contributed by atoms with Crippen molar-refractivity contribution in [1.29, 1.82) is 0 Å². The number of rotatable bonds is 6. The maximum atomic E-state index is 12.4. The minimum atomic E-state index is -0.202. The maximum absolute atomic E-state index is 12.4. The number of anilines is 1. The first kappa shape index (κ1) is 17.2. The lowest BCUT2D eigenvalue weighted by Gasteiger charge is -2.36. The van der Waals surface area contributed by atoms with Crippen molar-refractivity contribution in [2.24, 2.45) is 0 Å². The van der Waals surface area contributed by atoms with Crippen LogP contribution in [0.3, 0.4) is 0 Å². The van der Waals surface area contributed by atoms with Gasteiger partial charge in [-0.3, -0.25) is 4.79 Å². The Labute approximate surface area is 148 Å². The third-order valence-electron chi connectivity index (χ3n) is 4.78. The van der Waals surface area contributed by atoms with Gasteiger partial charge in [-0.25, -0.2) is 4.98 Å². The van der Waals surface area contributed by atoms with Crippen LogP contribution in [0, 0.1) is 0 Å². The van der Waals surface area contributed by atoms with Crippen molar-refractivity contribution in [1.82, 2.24) is 15.4 Å². The van der Waals surface area contributed by atoms with E-state index in [4.69, 9.17) is 10.6 Å². The topological polar surface area (TPSA) is 80.5 Å². The van der Waals surface area contributed by atoms with Crippen molar-refractivity contribution in [3.63, 3.8) is 0 Å². The van der Waals surface area contributed by atoms with E-state index >= 15 is 0 Å². The Morgan fingerprint density at radius 2 is 2.12 bits per heavy atom. The molecule has 1 fully saturated rings. The highest BCUT2D eigenvalue weighted by atomic mass is 16.7. The normalized spacial score (nSPS) is 20.4. The van der Waals surface area contributed by atoms with E-state index in [1.165, 1.54) is 6.20 Å². The Bertz CT molecular complexity index is 705. The quantitative estimate of drug-likeness (QED) is 0.845. The third-order valence-corrected chi connectivity index (χ3v) is 4.78. The fourth-order valence-electron chi connectivity index (χ4n) is 3.21. The van der Waals surface area contributed by atoms with Gasteiger partial charge in [-0.2, -0.15) is 0 Å². The third kappa shape index (κ3) is 3.91. The van der Waals surface area contributed by atoms with Gasteiger partial charge >= 0.3 is 0 Å². The lowest BCUT2D eigenvalue weighted by molar-refractivity contribution is -0.119. The number of aromatic nitrogens is 1. The van der Waals surface area contributed by atoms with Crippen molar-refractivity contribution >= 4 is 11.7 Å². The minimum Gasteiger partial charge on any atom is -0.405 e. The summed E-state index contributed by atoms with van der Waals surface area (Å²) < 4.78 is 0. The van der Waals surface area contributed by atoms with Crippen LogP contribution in [-0.4, -0.2) is 34.6 Å². The van der Waals surface area contributed by atoms with E-state index < -0.39 is 0 Å². The van der Waals surface area contributed by atoms with Gasteiger partial charge in [0.05, 0.1) is 11.1 Å². The summed E-state index contributed by atoms with van der Waals surface area (Å²) in [5, 5.41) is 5.04. The maximum Gasteiger partial charge on any atom is 0.252 e. The van der Waals surface area contributed by atoms with E-state index in [-0.39, 0.29) is 11.4 Å². The fraction of sp³-hybridized carbons (Fsp3) is 0.368. The number of hydrogen-bond donors (Lipinski definition) is 2. The number of carbonyl (C=O) groups is 1. The second-order valence-corrected chi connectivity index (χ2v) is 6.34. The van der Waals surface area contributed by atoms with Crippen LogP contribution < -0.4 is 15.9 Å². The van der Waals surface area contributed by atoms with Gasteiger partial charge in [-0.15, -0.1) is 5.06 Å². The van der Waals surface area contributed by atoms with Crippen molar-refractivity contribution in [2.45, 2.75) is 31.7 Å². The van der Waals surface area contributed by atoms with E-state index in [0.717, 1.165) is 31.6 Å². The first-order valence-corrected chi connectivity index (χ1v) is 8.63. The van der Waals surface area contributed by atoms with Crippen LogP contribution in [0.1, 0.15) is 36.5 Å². The predicted molar refractivity (Wildman–Crippen MR) is 97.0 cm³/mol. The molecule has 132 valence electrons. The molecular formula is C19H24N4O2. The number of hydroxylamine groups is 2.